The fourth-order valence-electron chi connectivity index (χ4n) is 2.73. The van der Waals surface area contributed by atoms with Gasteiger partial charge in [-0.05, 0) is 45.4 Å². The van der Waals surface area contributed by atoms with E-state index in [-0.39, 0.29) is 11.9 Å². The molecule has 0 spiro atoms. The lowest BCUT2D eigenvalue weighted by molar-refractivity contribution is 0.103. The first-order valence-corrected chi connectivity index (χ1v) is 10.4. The summed E-state index contributed by atoms with van der Waals surface area (Å²) < 4.78 is 0. The van der Waals surface area contributed by atoms with Crippen molar-refractivity contribution in [2.75, 3.05) is 12.4 Å². The highest BCUT2D eigenvalue weighted by molar-refractivity contribution is 7.13. The van der Waals surface area contributed by atoms with Gasteiger partial charge in [0.05, 0.1) is 28.7 Å². The van der Waals surface area contributed by atoms with Crippen LogP contribution in [0.2, 0.25) is 0 Å². The number of aromatic nitrogens is 1. The van der Waals surface area contributed by atoms with Crippen LogP contribution >= 0.6 is 11.3 Å². The smallest absolute Gasteiger partial charge is 0.267 e. The molecule has 2 aromatic rings. The van der Waals surface area contributed by atoms with Crippen molar-refractivity contribution >= 4 is 34.9 Å². The summed E-state index contributed by atoms with van der Waals surface area (Å²) in [5.74, 6) is -0.164. The number of amides is 1. The van der Waals surface area contributed by atoms with Crippen LogP contribution in [0.5, 0.6) is 0 Å². The summed E-state index contributed by atoms with van der Waals surface area (Å²) in [6.07, 6.45) is 6.63. The maximum Gasteiger partial charge on any atom is 0.267 e. The molecule has 0 aliphatic carbocycles. The molecule has 1 aromatic carbocycles. The van der Waals surface area contributed by atoms with E-state index in [4.69, 9.17) is 5.73 Å². The molecule has 0 saturated heterocycles. The van der Waals surface area contributed by atoms with E-state index >= 15 is 0 Å². The van der Waals surface area contributed by atoms with Crippen LogP contribution in [0.1, 0.15) is 47.1 Å². The number of aliphatic imine (C=N–C) groups is 2. The van der Waals surface area contributed by atoms with Gasteiger partial charge in [-0.25, -0.2) is 4.98 Å². The number of allylic oxidation sites excluding steroid dienone is 1. The second-order valence-corrected chi connectivity index (χ2v) is 7.77. The first-order valence-electron chi connectivity index (χ1n) is 9.56. The van der Waals surface area contributed by atoms with Gasteiger partial charge in [0.1, 0.15) is 10.6 Å². The van der Waals surface area contributed by atoms with Crippen molar-refractivity contribution in [3.63, 3.8) is 0 Å². The molecule has 158 valence electrons. The second-order valence-electron chi connectivity index (χ2n) is 6.53. The van der Waals surface area contributed by atoms with E-state index in [1.54, 1.807) is 12.4 Å². The van der Waals surface area contributed by atoms with Crippen LogP contribution in [-0.4, -0.2) is 29.9 Å². The Morgan fingerprint density at radius 1 is 1.37 bits per heavy atom. The summed E-state index contributed by atoms with van der Waals surface area (Å²) in [5, 5.41) is 6.82. The normalized spacial score (nSPS) is 14.1. The molecular weight excluding hydrogens is 396 g/mol. The summed E-state index contributed by atoms with van der Waals surface area (Å²) in [4.78, 5) is 26.2. The van der Waals surface area contributed by atoms with E-state index in [0.717, 1.165) is 27.7 Å². The van der Waals surface area contributed by atoms with Gasteiger partial charge in [0.2, 0.25) is 0 Å². The zero-order valence-corrected chi connectivity index (χ0v) is 18.7. The molecule has 1 atom stereocenters. The molecule has 4 N–H and O–H groups in total. The number of nitrogens with one attached hydrogen (secondary N) is 2. The van der Waals surface area contributed by atoms with E-state index in [0.29, 0.717) is 10.6 Å². The lowest BCUT2D eigenvalue weighted by Gasteiger charge is -2.11. The van der Waals surface area contributed by atoms with E-state index in [9.17, 15) is 4.79 Å². The maximum absolute atomic E-state index is 12.4. The average molecular weight is 425 g/mol. The van der Waals surface area contributed by atoms with Crippen molar-refractivity contribution in [2.24, 2.45) is 15.7 Å². The number of nitrogens with zero attached hydrogens (tertiary/aromatic N) is 3. The Bertz CT molecular complexity index is 1000. The zero-order chi connectivity index (χ0) is 22.1. The average Bonchev–Trinajstić information content (AvgIpc) is 3.17. The Kier molecular flexibility index (Phi) is 8.49. The molecule has 0 radical (unpaired) electrons. The molecule has 0 aliphatic heterocycles. The Morgan fingerprint density at radius 3 is 2.73 bits per heavy atom. The van der Waals surface area contributed by atoms with Crippen molar-refractivity contribution in [1.82, 2.24) is 10.3 Å². The van der Waals surface area contributed by atoms with E-state index in [1.807, 2.05) is 65.1 Å². The quantitative estimate of drug-likeness (QED) is 0.436. The Labute approximate surface area is 181 Å². The number of anilines is 1. The molecule has 1 amide bonds. The van der Waals surface area contributed by atoms with Gasteiger partial charge >= 0.3 is 0 Å². The molecule has 2 rings (SSSR count). The van der Waals surface area contributed by atoms with E-state index in [2.05, 4.69) is 25.6 Å². The molecule has 1 unspecified atom stereocenters. The number of hydrogen-bond donors (Lipinski definition) is 3. The summed E-state index contributed by atoms with van der Waals surface area (Å²) in [5.41, 5.74) is 9.63. The molecule has 1 heterocycles. The van der Waals surface area contributed by atoms with Crippen LogP contribution in [0.3, 0.4) is 0 Å². The van der Waals surface area contributed by atoms with Gasteiger partial charge in [0.25, 0.3) is 5.91 Å². The van der Waals surface area contributed by atoms with Crippen LogP contribution in [0.4, 0.5) is 5.69 Å². The zero-order valence-electron chi connectivity index (χ0n) is 17.9. The van der Waals surface area contributed by atoms with Gasteiger partial charge in [-0.15, -0.1) is 11.3 Å². The number of aryl methyl sites for hydroxylation is 1. The van der Waals surface area contributed by atoms with Crippen molar-refractivity contribution in [1.29, 1.82) is 0 Å². The number of benzene rings is 1. The fourth-order valence-corrected chi connectivity index (χ4v) is 3.41. The van der Waals surface area contributed by atoms with Crippen molar-refractivity contribution < 1.29 is 4.79 Å². The van der Waals surface area contributed by atoms with Crippen molar-refractivity contribution in [3.8, 4) is 0 Å². The first kappa shape index (κ1) is 23.0. The Hall–Kier alpha value is -3.26. The number of rotatable bonds is 8. The van der Waals surface area contributed by atoms with Crippen LogP contribution in [0.25, 0.3) is 0 Å². The van der Waals surface area contributed by atoms with Gasteiger partial charge in [0, 0.05) is 25.1 Å². The first-order chi connectivity index (χ1) is 14.4. The van der Waals surface area contributed by atoms with Gasteiger partial charge in [-0.3, -0.25) is 14.8 Å². The van der Waals surface area contributed by atoms with Gasteiger partial charge in [-0.2, -0.15) is 0 Å². The molecule has 0 aliphatic rings. The third kappa shape index (κ3) is 6.38. The molecule has 0 saturated carbocycles. The van der Waals surface area contributed by atoms with Crippen LogP contribution < -0.4 is 16.4 Å². The lowest BCUT2D eigenvalue weighted by Crippen LogP contribution is -2.10. The highest BCUT2D eigenvalue weighted by atomic mass is 32.1. The molecule has 30 heavy (non-hydrogen) atoms. The number of carbonyl (C=O) groups excluding carboxylic acids is 1. The molecule has 1 aromatic heterocycles. The number of thiazole rings is 1. The number of likely N-dealkylation sites (N-methyl/N-ethyl adjacent to an activating group) is 1. The van der Waals surface area contributed by atoms with E-state index < -0.39 is 0 Å². The number of carbonyl (C=O) groups is 1. The molecular formula is C22H28N6OS. The summed E-state index contributed by atoms with van der Waals surface area (Å²) in [7, 11) is 1.82. The van der Waals surface area contributed by atoms with Crippen LogP contribution in [0, 0.1) is 6.92 Å². The third-order valence-corrected chi connectivity index (χ3v) is 5.16. The van der Waals surface area contributed by atoms with Crippen molar-refractivity contribution in [3.05, 3.63) is 69.6 Å². The topological polar surface area (TPSA) is 105 Å². The summed E-state index contributed by atoms with van der Waals surface area (Å²) in [6, 6.07) is 7.56. The van der Waals surface area contributed by atoms with Crippen LogP contribution in [0.15, 0.2) is 64.1 Å². The fraction of sp³-hybridized carbons (Fsp3) is 0.273. The highest BCUT2D eigenvalue weighted by Gasteiger charge is 2.11. The SMILES string of the molecule is C/C=C(NC)/C(=C\N)N=CC(C)=NC(C)c1cccc(NC(=O)c2cnc(C)s2)c1. The number of nitrogens with two attached hydrogens (primary N) is 1. The number of hydrogen-bond acceptors (Lipinski definition) is 7. The third-order valence-electron chi connectivity index (χ3n) is 4.25. The Morgan fingerprint density at radius 2 is 2.13 bits per heavy atom. The second kappa shape index (κ2) is 11.1. The molecule has 0 fully saturated rings. The molecule has 8 heteroatoms. The minimum absolute atomic E-state index is 0.102. The Balaban J connectivity index is 2.11. The predicted molar refractivity (Wildman–Crippen MR) is 126 cm³/mol. The largest absolute Gasteiger partial charge is 0.403 e. The van der Waals surface area contributed by atoms with Crippen molar-refractivity contribution in [2.45, 2.75) is 33.7 Å². The minimum Gasteiger partial charge on any atom is -0.403 e. The molecule has 0 bridgehead atoms. The molecule has 7 nitrogen and oxygen atoms in total. The lowest BCUT2D eigenvalue weighted by atomic mass is 10.1. The van der Waals surface area contributed by atoms with Crippen LogP contribution in [-0.2, 0) is 0 Å². The maximum atomic E-state index is 12.4. The van der Waals surface area contributed by atoms with E-state index in [1.165, 1.54) is 17.5 Å². The standard InChI is InChI=1S/C22H28N6OS/c1-6-19(24-5)20(11-23)26-12-14(2)27-15(3)17-8-7-9-18(10-17)28-22(29)21-13-25-16(4)30-21/h6-13,15,24H,23H2,1-5H3,(H,28,29)/b19-6-,20-11+,26-12?,27-14?. The predicted octanol–water partition coefficient (Wildman–Crippen LogP) is 4.22. The van der Waals surface area contributed by atoms with Gasteiger partial charge in [-0.1, -0.05) is 18.2 Å². The van der Waals surface area contributed by atoms with Gasteiger partial charge in [0.15, 0.2) is 0 Å². The highest BCUT2D eigenvalue weighted by Crippen LogP contribution is 2.22. The van der Waals surface area contributed by atoms with Gasteiger partial charge < -0.3 is 16.4 Å². The minimum atomic E-state index is -0.164. The summed E-state index contributed by atoms with van der Waals surface area (Å²) in [6.45, 7) is 7.67. The monoisotopic (exact) mass is 424 g/mol. The summed E-state index contributed by atoms with van der Waals surface area (Å²) >= 11 is 1.37.